The summed E-state index contributed by atoms with van der Waals surface area (Å²) in [7, 11) is 0. The number of carboxylic acid groups (broad SMARTS) is 1. The summed E-state index contributed by atoms with van der Waals surface area (Å²) in [6, 6.07) is 3.75. The van der Waals surface area contributed by atoms with Gasteiger partial charge in [0.1, 0.15) is 0 Å². The molecule has 0 spiro atoms. The van der Waals surface area contributed by atoms with Gasteiger partial charge in [-0.2, -0.15) is 0 Å². The lowest BCUT2D eigenvalue weighted by Gasteiger charge is -1.98. The zero-order valence-corrected chi connectivity index (χ0v) is 8.10. The van der Waals surface area contributed by atoms with E-state index in [0.717, 1.165) is 12.2 Å². The number of carbonyl (C=O) groups excluding carboxylic acids is 1. The number of halogens is 1. The summed E-state index contributed by atoms with van der Waals surface area (Å²) < 4.78 is 0. The first-order chi connectivity index (χ1) is 7.00. The van der Waals surface area contributed by atoms with Crippen molar-refractivity contribution in [3.05, 3.63) is 45.0 Å². The van der Waals surface area contributed by atoms with Gasteiger partial charge in [-0.1, -0.05) is 17.7 Å². The minimum atomic E-state index is -1.39. The fourth-order valence-corrected chi connectivity index (χ4v) is 1.11. The summed E-state index contributed by atoms with van der Waals surface area (Å²) in [5.74, 6) is -1.39. The molecule has 0 saturated carbocycles. The van der Waals surface area contributed by atoms with E-state index in [-0.39, 0.29) is 16.3 Å². The zero-order valence-electron chi connectivity index (χ0n) is 7.34. The number of nitrogens with zero attached hydrogens (tertiary/aromatic N) is 1. The lowest BCUT2D eigenvalue weighted by Crippen LogP contribution is -2.18. The molecule has 0 N–H and O–H groups in total. The van der Waals surface area contributed by atoms with E-state index < -0.39 is 10.9 Å². The molecule has 0 saturated heterocycles. The maximum absolute atomic E-state index is 10.4. The van der Waals surface area contributed by atoms with Crippen molar-refractivity contribution in [3.8, 4) is 0 Å². The number of hydrogen-bond donors (Lipinski definition) is 0. The molecule has 0 aliphatic heterocycles. The number of hydrogen-bond acceptors (Lipinski definition) is 4. The van der Waals surface area contributed by atoms with Crippen LogP contribution in [0, 0.1) is 10.1 Å². The smallest absolute Gasteiger partial charge is 0.270 e. The summed E-state index contributed by atoms with van der Waals surface area (Å²) in [6.45, 7) is 0. The molecule has 1 aromatic carbocycles. The third kappa shape index (κ3) is 3.07. The van der Waals surface area contributed by atoms with Crippen LogP contribution in [0.2, 0.25) is 5.02 Å². The van der Waals surface area contributed by atoms with E-state index in [4.69, 9.17) is 11.6 Å². The van der Waals surface area contributed by atoms with Crippen molar-refractivity contribution in [1.82, 2.24) is 0 Å². The highest BCUT2D eigenvalue weighted by Gasteiger charge is 2.07. The van der Waals surface area contributed by atoms with E-state index in [9.17, 15) is 20.0 Å². The van der Waals surface area contributed by atoms with Gasteiger partial charge in [0, 0.05) is 17.2 Å². The van der Waals surface area contributed by atoms with Gasteiger partial charge >= 0.3 is 0 Å². The van der Waals surface area contributed by atoms with Crippen LogP contribution in [0.5, 0.6) is 0 Å². The van der Waals surface area contributed by atoms with Crippen molar-refractivity contribution in [1.29, 1.82) is 0 Å². The fourth-order valence-electron chi connectivity index (χ4n) is 0.930. The molecule has 0 amide bonds. The third-order valence-electron chi connectivity index (χ3n) is 1.59. The van der Waals surface area contributed by atoms with Gasteiger partial charge in [0.25, 0.3) is 5.69 Å². The van der Waals surface area contributed by atoms with Crippen LogP contribution in [0.15, 0.2) is 24.3 Å². The van der Waals surface area contributed by atoms with Gasteiger partial charge < -0.3 is 9.90 Å². The maximum Gasteiger partial charge on any atom is 0.270 e. The second-order valence-electron chi connectivity index (χ2n) is 2.62. The first kappa shape index (κ1) is 11.2. The predicted molar refractivity (Wildman–Crippen MR) is 52.1 cm³/mol. The van der Waals surface area contributed by atoms with Crippen LogP contribution in [0.25, 0.3) is 6.08 Å². The lowest BCUT2D eigenvalue weighted by atomic mass is 10.2. The second-order valence-corrected chi connectivity index (χ2v) is 3.02. The van der Waals surface area contributed by atoms with Crippen LogP contribution in [-0.4, -0.2) is 10.9 Å². The molecule has 0 radical (unpaired) electrons. The molecule has 0 aliphatic carbocycles. The van der Waals surface area contributed by atoms with Crippen LogP contribution in [-0.2, 0) is 4.79 Å². The Morgan fingerprint density at radius 1 is 1.47 bits per heavy atom. The molecule has 1 aromatic rings. The van der Waals surface area contributed by atoms with Gasteiger partial charge in [0.15, 0.2) is 0 Å². The van der Waals surface area contributed by atoms with Crippen molar-refractivity contribution >= 4 is 29.3 Å². The standard InChI is InChI=1S/C9H6ClNO4/c10-8-3-2-7(11(14)15)5-6(8)1-4-9(12)13/h1-5H,(H,12,13)/p-1. The molecular weight excluding hydrogens is 222 g/mol. The Labute approximate surface area is 89.7 Å². The highest BCUT2D eigenvalue weighted by Crippen LogP contribution is 2.22. The monoisotopic (exact) mass is 226 g/mol. The molecule has 78 valence electrons. The summed E-state index contributed by atoms with van der Waals surface area (Å²) >= 11 is 5.70. The fraction of sp³-hybridized carbons (Fsp3) is 0. The number of benzene rings is 1. The van der Waals surface area contributed by atoms with Gasteiger partial charge in [-0.25, -0.2) is 0 Å². The first-order valence-corrected chi connectivity index (χ1v) is 4.21. The molecule has 0 fully saturated rings. The van der Waals surface area contributed by atoms with Gasteiger partial charge in [-0.15, -0.1) is 0 Å². The normalized spacial score (nSPS) is 10.5. The van der Waals surface area contributed by atoms with Crippen molar-refractivity contribution in [2.24, 2.45) is 0 Å². The largest absolute Gasteiger partial charge is 0.545 e. The summed E-state index contributed by atoms with van der Waals surface area (Å²) in [5, 5.41) is 20.8. The molecule has 0 bridgehead atoms. The topological polar surface area (TPSA) is 83.3 Å². The SMILES string of the molecule is O=C([O-])C=Cc1cc([N+](=O)[O-])ccc1Cl. The number of carbonyl (C=O) groups is 1. The van der Waals surface area contributed by atoms with Crippen LogP contribution in [0.1, 0.15) is 5.56 Å². The third-order valence-corrected chi connectivity index (χ3v) is 1.93. The van der Waals surface area contributed by atoms with E-state index in [1.165, 1.54) is 18.2 Å². The molecule has 1 rings (SSSR count). The highest BCUT2D eigenvalue weighted by molar-refractivity contribution is 6.32. The number of carboxylic acids is 1. The van der Waals surface area contributed by atoms with E-state index in [0.29, 0.717) is 0 Å². The van der Waals surface area contributed by atoms with Crippen molar-refractivity contribution in [2.75, 3.05) is 0 Å². The van der Waals surface area contributed by atoms with E-state index in [2.05, 4.69) is 0 Å². The Morgan fingerprint density at radius 2 is 2.13 bits per heavy atom. The molecule has 15 heavy (non-hydrogen) atoms. The van der Waals surface area contributed by atoms with Crippen molar-refractivity contribution < 1.29 is 14.8 Å². The van der Waals surface area contributed by atoms with Gasteiger partial charge in [0.2, 0.25) is 0 Å². The average Bonchev–Trinajstić information content (AvgIpc) is 2.16. The average molecular weight is 227 g/mol. The number of nitro groups is 1. The summed E-state index contributed by atoms with van der Waals surface area (Å²) in [4.78, 5) is 19.9. The molecule has 5 nitrogen and oxygen atoms in total. The Balaban J connectivity index is 3.11. The Kier molecular flexibility index (Phi) is 3.41. The highest BCUT2D eigenvalue weighted by atomic mass is 35.5. The number of rotatable bonds is 3. The summed E-state index contributed by atoms with van der Waals surface area (Å²) in [6.07, 6.45) is 1.90. The van der Waals surface area contributed by atoms with Gasteiger partial charge in [-0.3, -0.25) is 10.1 Å². The maximum atomic E-state index is 10.4. The molecule has 0 aliphatic rings. The van der Waals surface area contributed by atoms with Gasteiger partial charge in [0.05, 0.1) is 10.9 Å². The minimum absolute atomic E-state index is 0.155. The zero-order chi connectivity index (χ0) is 11.4. The Bertz CT molecular complexity index is 442. The van der Waals surface area contributed by atoms with Crippen molar-refractivity contribution in [2.45, 2.75) is 0 Å². The minimum Gasteiger partial charge on any atom is -0.545 e. The van der Waals surface area contributed by atoms with Crippen LogP contribution in [0.4, 0.5) is 5.69 Å². The van der Waals surface area contributed by atoms with Crippen molar-refractivity contribution in [3.63, 3.8) is 0 Å². The van der Waals surface area contributed by atoms with Crippen LogP contribution >= 0.6 is 11.6 Å². The quantitative estimate of drug-likeness (QED) is 0.437. The molecule has 6 heteroatoms. The number of aliphatic carboxylic acids is 1. The van der Waals surface area contributed by atoms with E-state index in [1.54, 1.807) is 0 Å². The number of nitro benzene ring substituents is 1. The Hall–Kier alpha value is -1.88. The van der Waals surface area contributed by atoms with Gasteiger partial charge in [-0.05, 0) is 17.7 Å². The van der Waals surface area contributed by atoms with Crippen LogP contribution < -0.4 is 5.11 Å². The van der Waals surface area contributed by atoms with E-state index >= 15 is 0 Å². The molecule has 0 unspecified atom stereocenters. The molecule has 0 heterocycles. The van der Waals surface area contributed by atoms with Crippen LogP contribution in [0.3, 0.4) is 0 Å². The first-order valence-electron chi connectivity index (χ1n) is 3.83. The predicted octanol–water partition coefficient (Wildman–Crippen LogP) is 1.01. The molecule has 0 atom stereocenters. The number of non-ortho nitro benzene ring substituents is 1. The molecule has 0 aromatic heterocycles. The Morgan fingerprint density at radius 3 is 2.67 bits per heavy atom. The second kappa shape index (κ2) is 4.56. The molecular formula is C9H5ClNO4-. The summed E-state index contributed by atoms with van der Waals surface area (Å²) in [5.41, 5.74) is 0.104. The lowest BCUT2D eigenvalue weighted by molar-refractivity contribution is -0.384. The van der Waals surface area contributed by atoms with E-state index in [1.807, 2.05) is 0 Å².